The number of nitrogens with one attached hydrogen (secondary N) is 1. The zero-order valence-electron chi connectivity index (χ0n) is 14.8. The lowest BCUT2D eigenvalue weighted by atomic mass is 10.1. The number of hydrogen-bond donors (Lipinski definition) is 2. The molecule has 0 unspecified atom stereocenters. The number of halogens is 1. The van der Waals surface area contributed by atoms with Crippen LogP contribution in [-0.4, -0.2) is 32.2 Å². The average molecular weight is 418 g/mol. The van der Waals surface area contributed by atoms with E-state index < -0.39 is 15.7 Å². The summed E-state index contributed by atoms with van der Waals surface area (Å²) in [6.07, 6.45) is 3.06. The molecule has 1 aromatic heterocycles. The summed E-state index contributed by atoms with van der Waals surface area (Å²) in [6.45, 7) is 0.567. The minimum atomic E-state index is -3.60. The number of ether oxygens (including phenoxy) is 1. The van der Waals surface area contributed by atoms with Gasteiger partial charge in [0.1, 0.15) is 5.75 Å². The van der Waals surface area contributed by atoms with Gasteiger partial charge in [-0.2, -0.15) is 0 Å². The van der Waals surface area contributed by atoms with Crippen molar-refractivity contribution in [2.45, 2.75) is 11.3 Å². The first-order valence-corrected chi connectivity index (χ1v) is 10.7. The van der Waals surface area contributed by atoms with Crippen LogP contribution in [0.2, 0.25) is 5.02 Å². The lowest BCUT2D eigenvalue weighted by molar-refractivity contribution is 0.100. The average Bonchev–Trinajstić information content (AvgIpc) is 3.10. The number of nitrogens with two attached hydrogens (primary N) is 1. The number of rotatable bonds is 4. The van der Waals surface area contributed by atoms with Crippen LogP contribution in [0.5, 0.6) is 5.75 Å². The largest absolute Gasteiger partial charge is 0.493 e. The van der Waals surface area contributed by atoms with Crippen molar-refractivity contribution >= 4 is 49.6 Å². The summed E-state index contributed by atoms with van der Waals surface area (Å²) in [6, 6.07) is 8.45. The fourth-order valence-corrected chi connectivity index (χ4v) is 4.45. The molecule has 28 heavy (non-hydrogen) atoms. The Hall–Kier alpha value is -2.84. The van der Waals surface area contributed by atoms with E-state index in [-0.39, 0.29) is 21.0 Å². The van der Waals surface area contributed by atoms with E-state index in [9.17, 15) is 13.2 Å². The molecule has 0 saturated carbocycles. The lowest BCUT2D eigenvalue weighted by Crippen LogP contribution is -2.15. The SMILES string of the molecule is CS(=O)(=O)c1cc(Cl)cc2c(Nc3cccc4c3CCO4)c(C(N)=O)cnc12. The smallest absolute Gasteiger partial charge is 0.252 e. The Labute approximate surface area is 166 Å². The van der Waals surface area contributed by atoms with Gasteiger partial charge < -0.3 is 15.8 Å². The second-order valence-corrected chi connectivity index (χ2v) is 8.91. The zero-order valence-corrected chi connectivity index (χ0v) is 16.4. The Morgan fingerprint density at radius 1 is 1.32 bits per heavy atom. The molecule has 7 nitrogen and oxygen atoms in total. The number of carbonyl (C=O) groups excluding carboxylic acids is 1. The van der Waals surface area contributed by atoms with Crippen LogP contribution in [0, 0.1) is 0 Å². The van der Waals surface area contributed by atoms with Crippen molar-refractivity contribution < 1.29 is 17.9 Å². The van der Waals surface area contributed by atoms with Gasteiger partial charge in [-0.15, -0.1) is 0 Å². The number of pyridine rings is 1. The predicted molar refractivity (Wildman–Crippen MR) is 107 cm³/mol. The minimum Gasteiger partial charge on any atom is -0.493 e. The van der Waals surface area contributed by atoms with Crippen molar-refractivity contribution in [3.8, 4) is 5.75 Å². The van der Waals surface area contributed by atoms with Crippen LogP contribution >= 0.6 is 11.6 Å². The number of benzene rings is 2. The van der Waals surface area contributed by atoms with Crippen molar-refractivity contribution in [3.05, 3.63) is 52.7 Å². The molecule has 2 heterocycles. The Morgan fingerprint density at radius 2 is 2.11 bits per heavy atom. The minimum absolute atomic E-state index is 0.0179. The third kappa shape index (κ3) is 3.14. The molecule has 2 aromatic carbocycles. The van der Waals surface area contributed by atoms with Gasteiger partial charge in [-0.1, -0.05) is 17.7 Å². The van der Waals surface area contributed by atoms with Gasteiger partial charge in [0.25, 0.3) is 5.91 Å². The van der Waals surface area contributed by atoms with Gasteiger partial charge in [-0.05, 0) is 24.3 Å². The van der Waals surface area contributed by atoms with E-state index in [4.69, 9.17) is 22.1 Å². The molecule has 1 aliphatic heterocycles. The molecule has 0 radical (unpaired) electrons. The first-order valence-electron chi connectivity index (χ1n) is 8.39. The number of sulfone groups is 1. The maximum atomic E-state index is 12.2. The fraction of sp³-hybridized carbons (Fsp3) is 0.158. The van der Waals surface area contributed by atoms with E-state index in [2.05, 4.69) is 10.3 Å². The van der Waals surface area contributed by atoms with E-state index in [1.165, 1.54) is 12.3 Å². The third-order valence-corrected chi connectivity index (χ3v) is 5.90. The number of fused-ring (bicyclic) bond motifs is 2. The van der Waals surface area contributed by atoms with Crippen LogP contribution in [0.3, 0.4) is 0 Å². The van der Waals surface area contributed by atoms with Crippen LogP contribution < -0.4 is 15.8 Å². The molecular weight excluding hydrogens is 402 g/mol. The van der Waals surface area contributed by atoms with Gasteiger partial charge in [0.15, 0.2) is 9.84 Å². The molecule has 144 valence electrons. The van der Waals surface area contributed by atoms with Crippen LogP contribution in [0.4, 0.5) is 11.4 Å². The van der Waals surface area contributed by atoms with E-state index in [0.29, 0.717) is 24.1 Å². The quantitative estimate of drug-likeness (QED) is 0.674. The van der Waals surface area contributed by atoms with Gasteiger partial charge in [0.05, 0.1) is 28.3 Å². The van der Waals surface area contributed by atoms with E-state index >= 15 is 0 Å². The zero-order chi connectivity index (χ0) is 20.1. The number of carbonyl (C=O) groups is 1. The van der Waals surface area contributed by atoms with Gasteiger partial charge >= 0.3 is 0 Å². The van der Waals surface area contributed by atoms with Crippen LogP contribution in [0.1, 0.15) is 15.9 Å². The summed E-state index contributed by atoms with van der Waals surface area (Å²) in [4.78, 5) is 16.2. The monoisotopic (exact) mass is 417 g/mol. The first kappa shape index (κ1) is 18.5. The summed E-state index contributed by atoms with van der Waals surface area (Å²) in [5.41, 5.74) is 7.94. The number of aromatic nitrogens is 1. The molecule has 0 bridgehead atoms. The summed E-state index contributed by atoms with van der Waals surface area (Å²) in [5.74, 6) is 0.0699. The second-order valence-electron chi connectivity index (χ2n) is 6.49. The van der Waals surface area contributed by atoms with E-state index in [1.807, 2.05) is 18.2 Å². The molecule has 0 aliphatic carbocycles. The molecule has 0 saturated heterocycles. The molecule has 1 amide bonds. The fourth-order valence-electron chi connectivity index (χ4n) is 3.31. The second kappa shape index (κ2) is 6.65. The summed E-state index contributed by atoms with van der Waals surface area (Å²) >= 11 is 6.17. The number of amides is 1. The van der Waals surface area contributed by atoms with Crippen molar-refractivity contribution in [2.24, 2.45) is 5.73 Å². The highest BCUT2D eigenvalue weighted by molar-refractivity contribution is 7.91. The highest BCUT2D eigenvalue weighted by Gasteiger charge is 2.22. The summed E-state index contributed by atoms with van der Waals surface area (Å²) in [7, 11) is -3.60. The Morgan fingerprint density at radius 3 is 2.82 bits per heavy atom. The lowest BCUT2D eigenvalue weighted by Gasteiger charge is -2.16. The van der Waals surface area contributed by atoms with E-state index in [0.717, 1.165) is 23.3 Å². The molecule has 1 aliphatic rings. The highest BCUT2D eigenvalue weighted by atomic mass is 35.5. The summed E-state index contributed by atoms with van der Waals surface area (Å²) < 4.78 is 30.0. The molecule has 4 rings (SSSR count). The molecule has 0 atom stereocenters. The van der Waals surface area contributed by atoms with Crippen molar-refractivity contribution in [1.82, 2.24) is 4.98 Å². The van der Waals surface area contributed by atoms with Gasteiger partial charge in [0, 0.05) is 40.5 Å². The van der Waals surface area contributed by atoms with Crippen LogP contribution in [0.15, 0.2) is 41.4 Å². The number of nitrogens with zero attached hydrogens (tertiary/aromatic N) is 1. The molecule has 0 spiro atoms. The molecule has 3 aromatic rings. The Bertz CT molecular complexity index is 1240. The first-order chi connectivity index (χ1) is 13.3. The van der Waals surface area contributed by atoms with Gasteiger partial charge in [0.2, 0.25) is 0 Å². The van der Waals surface area contributed by atoms with Crippen molar-refractivity contribution in [1.29, 1.82) is 0 Å². The standard InChI is InChI=1S/C19H16ClN3O4S/c1-28(25,26)16-8-10(20)7-12-17(13(19(21)24)9-22-18(12)16)23-14-3-2-4-15-11(14)5-6-27-15/h2-4,7-9H,5-6H2,1H3,(H2,21,24)(H,22,23). The van der Waals surface area contributed by atoms with Crippen molar-refractivity contribution in [2.75, 3.05) is 18.2 Å². The maximum absolute atomic E-state index is 12.2. The molecule has 0 fully saturated rings. The van der Waals surface area contributed by atoms with Crippen molar-refractivity contribution in [3.63, 3.8) is 0 Å². The van der Waals surface area contributed by atoms with Gasteiger partial charge in [-0.25, -0.2) is 8.42 Å². The number of hydrogen-bond acceptors (Lipinski definition) is 6. The normalized spacial score (nSPS) is 13.2. The Balaban J connectivity index is 2.01. The number of anilines is 2. The topological polar surface area (TPSA) is 111 Å². The summed E-state index contributed by atoms with van der Waals surface area (Å²) in [5, 5.41) is 3.83. The van der Waals surface area contributed by atoms with Crippen LogP contribution in [-0.2, 0) is 16.3 Å². The molecule has 9 heteroatoms. The van der Waals surface area contributed by atoms with Crippen LogP contribution in [0.25, 0.3) is 10.9 Å². The number of primary amides is 1. The predicted octanol–water partition coefficient (Wildman–Crippen LogP) is 3.07. The Kier molecular flexibility index (Phi) is 4.40. The molecular formula is C19H16ClN3O4S. The maximum Gasteiger partial charge on any atom is 0.252 e. The van der Waals surface area contributed by atoms with E-state index in [1.54, 1.807) is 6.07 Å². The van der Waals surface area contributed by atoms with Gasteiger partial charge in [-0.3, -0.25) is 9.78 Å². The highest BCUT2D eigenvalue weighted by Crippen LogP contribution is 2.38. The molecule has 3 N–H and O–H groups in total. The third-order valence-electron chi connectivity index (χ3n) is 4.57.